The van der Waals surface area contributed by atoms with Crippen LogP contribution in [0.1, 0.15) is 73.4 Å². The highest BCUT2D eigenvalue weighted by atomic mass is 32.1. The van der Waals surface area contributed by atoms with Gasteiger partial charge in [-0.25, -0.2) is 14.6 Å². The fraction of sp³-hybridized carbons (Fsp3) is 0.462. The van der Waals surface area contributed by atoms with Gasteiger partial charge >= 0.3 is 0 Å². The number of hydrogen-bond donors (Lipinski definition) is 0. The minimum atomic E-state index is 0.0933. The second kappa shape index (κ2) is 8.86. The second-order valence-electron chi connectivity index (χ2n) is 9.34. The van der Waals surface area contributed by atoms with Crippen LogP contribution < -0.4 is 0 Å². The van der Waals surface area contributed by atoms with E-state index in [2.05, 4.69) is 55.9 Å². The number of aryl methyl sites for hydroxylation is 2. The molecule has 0 radical (unpaired) electrons. The van der Waals surface area contributed by atoms with Crippen LogP contribution in [0.2, 0.25) is 0 Å². The summed E-state index contributed by atoms with van der Waals surface area (Å²) in [6.45, 7) is 9.23. The molecule has 0 aliphatic carbocycles. The number of carbonyl (C=O) groups is 1. The molecule has 4 heterocycles. The third kappa shape index (κ3) is 4.03. The number of benzene rings is 1. The normalized spacial score (nSPS) is 16.9. The second-order valence-corrected chi connectivity index (χ2v) is 10.4. The van der Waals surface area contributed by atoms with Gasteiger partial charge in [-0.2, -0.15) is 5.10 Å². The van der Waals surface area contributed by atoms with Crippen molar-refractivity contribution in [1.82, 2.24) is 24.6 Å². The molecule has 5 rings (SSSR count). The lowest BCUT2D eigenvalue weighted by atomic mass is 9.98. The largest absolute Gasteiger partial charge is 0.333 e. The first-order chi connectivity index (χ1) is 15.9. The van der Waals surface area contributed by atoms with Crippen LogP contribution in [0.25, 0.3) is 21.3 Å². The molecular weight excluding hydrogens is 430 g/mol. The van der Waals surface area contributed by atoms with E-state index < -0.39 is 0 Å². The van der Waals surface area contributed by atoms with Crippen molar-refractivity contribution in [2.75, 3.05) is 6.54 Å². The average Bonchev–Trinajstić information content (AvgIpc) is 3.43. The number of pyridine rings is 1. The number of carbonyl (C=O) groups excluding carboxylic acids is 1. The van der Waals surface area contributed by atoms with Crippen molar-refractivity contribution in [1.29, 1.82) is 0 Å². The van der Waals surface area contributed by atoms with E-state index in [-0.39, 0.29) is 18.0 Å². The summed E-state index contributed by atoms with van der Waals surface area (Å²) < 4.78 is 3.17. The zero-order valence-corrected chi connectivity index (χ0v) is 20.7. The Kier molecular flexibility index (Phi) is 5.91. The number of thiazole rings is 1. The maximum absolute atomic E-state index is 13.4. The summed E-state index contributed by atoms with van der Waals surface area (Å²) >= 11 is 1.73. The highest BCUT2D eigenvalue weighted by Crippen LogP contribution is 2.36. The molecule has 7 heteroatoms. The lowest BCUT2D eigenvalue weighted by molar-refractivity contribution is -0.135. The third-order valence-electron chi connectivity index (χ3n) is 6.83. The number of amides is 1. The Hall–Kier alpha value is -2.80. The number of aromatic nitrogens is 4. The van der Waals surface area contributed by atoms with Crippen molar-refractivity contribution in [3.05, 3.63) is 52.3 Å². The SMILES string of the molecule is Cc1nc2c(cnn2C(C)C)c(C)c1CCC(=O)N1CCCC[C@@H]1c1nc2ccccc2s1. The molecule has 1 fully saturated rings. The van der Waals surface area contributed by atoms with Crippen molar-refractivity contribution >= 4 is 38.5 Å². The van der Waals surface area contributed by atoms with Crippen LogP contribution in [0.15, 0.2) is 30.5 Å². The van der Waals surface area contributed by atoms with Gasteiger partial charge in [-0.3, -0.25) is 4.79 Å². The smallest absolute Gasteiger partial charge is 0.223 e. The molecule has 3 aromatic heterocycles. The van der Waals surface area contributed by atoms with Crippen LogP contribution in [0, 0.1) is 13.8 Å². The molecule has 0 bridgehead atoms. The van der Waals surface area contributed by atoms with Gasteiger partial charge in [-0.15, -0.1) is 11.3 Å². The average molecular weight is 462 g/mol. The summed E-state index contributed by atoms with van der Waals surface area (Å²) in [7, 11) is 0. The summed E-state index contributed by atoms with van der Waals surface area (Å²) in [6, 6.07) is 8.60. The fourth-order valence-corrected chi connectivity index (χ4v) is 6.15. The van der Waals surface area contributed by atoms with E-state index in [4.69, 9.17) is 9.97 Å². The van der Waals surface area contributed by atoms with Crippen molar-refractivity contribution in [2.45, 2.75) is 71.9 Å². The standard InChI is InChI=1S/C26H31N5OS/c1-16(2)31-25-20(15-27-31)17(3)19(18(4)28-25)12-13-24(32)30-14-8-7-10-22(30)26-29-21-9-5-6-11-23(21)33-26/h5-6,9,11,15-16,22H,7-8,10,12-14H2,1-4H3/t22-/m1/s1. The van der Waals surface area contributed by atoms with Gasteiger partial charge < -0.3 is 4.90 Å². The van der Waals surface area contributed by atoms with Crippen molar-refractivity contribution in [3.63, 3.8) is 0 Å². The van der Waals surface area contributed by atoms with E-state index in [1.807, 2.05) is 16.9 Å². The van der Waals surface area contributed by atoms with Gasteiger partial charge in [0.05, 0.1) is 22.5 Å². The predicted molar refractivity (Wildman–Crippen MR) is 134 cm³/mol. The minimum absolute atomic E-state index is 0.0933. The molecular formula is C26H31N5OS. The molecule has 1 saturated heterocycles. The van der Waals surface area contributed by atoms with E-state index in [0.717, 1.165) is 53.1 Å². The molecule has 0 saturated carbocycles. The molecule has 1 aliphatic heterocycles. The Balaban J connectivity index is 1.37. The van der Waals surface area contributed by atoms with Crippen LogP contribution in [0.3, 0.4) is 0 Å². The fourth-order valence-electron chi connectivity index (χ4n) is 5.03. The monoisotopic (exact) mass is 461 g/mol. The first-order valence-electron chi connectivity index (χ1n) is 11.9. The van der Waals surface area contributed by atoms with Crippen LogP contribution in [0.4, 0.5) is 0 Å². The van der Waals surface area contributed by atoms with E-state index in [1.165, 1.54) is 15.8 Å². The van der Waals surface area contributed by atoms with Crippen molar-refractivity contribution in [2.24, 2.45) is 0 Å². The molecule has 1 aliphatic rings. The van der Waals surface area contributed by atoms with Crippen molar-refractivity contribution in [3.8, 4) is 0 Å². The van der Waals surface area contributed by atoms with Gasteiger partial charge in [0.2, 0.25) is 5.91 Å². The molecule has 1 atom stereocenters. The van der Waals surface area contributed by atoms with E-state index >= 15 is 0 Å². The molecule has 6 nitrogen and oxygen atoms in total. The van der Waals surface area contributed by atoms with Gasteiger partial charge in [0, 0.05) is 30.1 Å². The number of rotatable bonds is 5. The number of fused-ring (bicyclic) bond motifs is 2. The van der Waals surface area contributed by atoms with E-state index in [1.54, 1.807) is 11.3 Å². The number of likely N-dealkylation sites (tertiary alicyclic amines) is 1. The zero-order valence-electron chi connectivity index (χ0n) is 19.8. The summed E-state index contributed by atoms with van der Waals surface area (Å²) in [5.74, 6) is 0.218. The van der Waals surface area contributed by atoms with Gasteiger partial charge in [0.1, 0.15) is 5.01 Å². The summed E-state index contributed by atoms with van der Waals surface area (Å²) in [4.78, 5) is 25.2. The Bertz CT molecular complexity index is 1290. The van der Waals surface area contributed by atoms with Gasteiger partial charge in [-0.1, -0.05) is 12.1 Å². The predicted octanol–water partition coefficient (Wildman–Crippen LogP) is 5.93. The first kappa shape index (κ1) is 22.0. The van der Waals surface area contributed by atoms with E-state index in [9.17, 15) is 4.79 Å². The highest BCUT2D eigenvalue weighted by molar-refractivity contribution is 7.18. The number of nitrogens with zero attached hydrogens (tertiary/aromatic N) is 5. The third-order valence-corrected chi connectivity index (χ3v) is 7.97. The quantitative estimate of drug-likeness (QED) is 0.370. The maximum atomic E-state index is 13.4. The zero-order chi connectivity index (χ0) is 23.1. The molecule has 1 aromatic carbocycles. The Morgan fingerprint density at radius 3 is 2.79 bits per heavy atom. The van der Waals surface area contributed by atoms with Crippen molar-refractivity contribution < 1.29 is 4.79 Å². The van der Waals surface area contributed by atoms with Gasteiger partial charge in [0.15, 0.2) is 5.65 Å². The first-order valence-corrected chi connectivity index (χ1v) is 12.7. The topological polar surface area (TPSA) is 63.9 Å². The number of hydrogen-bond acceptors (Lipinski definition) is 5. The molecule has 0 unspecified atom stereocenters. The summed E-state index contributed by atoms with van der Waals surface area (Å²) in [6.07, 6.45) is 6.31. The molecule has 33 heavy (non-hydrogen) atoms. The van der Waals surface area contributed by atoms with Gasteiger partial charge in [-0.05, 0) is 76.6 Å². The lowest BCUT2D eigenvalue weighted by Gasteiger charge is -2.34. The highest BCUT2D eigenvalue weighted by Gasteiger charge is 2.30. The van der Waals surface area contributed by atoms with Gasteiger partial charge in [0.25, 0.3) is 0 Å². The lowest BCUT2D eigenvalue weighted by Crippen LogP contribution is -2.38. The van der Waals surface area contributed by atoms with Crippen LogP contribution in [-0.2, 0) is 11.2 Å². The Morgan fingerprint density at radius 1 is 1.18 bits per heavy atom. The minimum Gasteiger partial charge on any atom is -0.333 e. The summed E-state index contributed by atoms with van der Waals surface area (Å²) in [5.41, 5.74) is 5.33. The molecule has 0 N–H and O–H groups in total. The maximum Gasteiger partial charge on any atom is 0.223 e. The number of piperidine rings is 1. The molecule has 4 aromatic rings. The molecule has 0 spiro atoms. The Morgan fingerprint density at radius 2 is 2.00 bits per heavy atom. The molecule has 172 valence electrons. The molecule has 1 amide bonds. The van der Waals surface area contributed by atoms with E-state index in [0.29, 0.717) is 12.8 Å². The van der Waals surface area contributed by atoms with Crippen LogP contribution >= 0.6 is 11.3 Å². The van der Waals surface area contributed by atoms with Crippen LogP contribution in [0.5, 0.6) is 0 Å². The summed E-state index contributed by atoms with van der Waals surface area (Å²) in [5, 5.41) is 6.70. The van der Waals surface area contributed by atoms with Crippen LogP contribution in [-0.4, -0.2) is 37.1 Å². The number of para-hydroxylation sites is 1. The Labute approximate surface area is 198 Å².